The molecule has 5 rings (SSSR count). The zero-order valence-electron chi connectivity index (χ0n) is 14.1. The third-order valence-corrected chi connectivity index (χ3v) is 8.41. The van der Waals surface area contributed by atoms with Crippen molar-refractivity contribution in [1.29, 1.82) is 0 Å². The van der Waals surface area contributed by atoms with Crippen molar-refractivity contribution in [1.82, 2.24) is 4.90 Å². The minimum absolute atomic E-state index is 0.388. The lowest BCUT2D eigenvalue weighted by molar-refractivity contribution is -0.127. The summed E-state index contributed by atoms with van der Waals surface area (Å²) in [6.45, 7) is 8.38. The van der Waals surface area contributed by atoms with Gasteiger partial charge in [-0.1, -0.05) is 13.8 Å². The highest BCUT2D eigenvalue weighted by Gasteiger charge is 2.60. The zero-order valence-corrected chi connectivity index (χ0v) is 14.1. The van der Waals surface area contributed by atoms with E-state index in [9.17, 15) is 0 Å². The Bertz CT molecular complexity index is 370. The van der Waals surface area contributed by atoms with E-state index >= 15 is 0 Å². The molecule has 4 bridgehead atoms. The van der Waals surface area contributed by atoms with Gasteiger partial charge in [0.05, 0.1) is 0 Å². The van der Waals surface area contributed by atoms with Crippen LogP contribution in [0.4, 0.5) is 0 Å². The van der Waals surface area contributed by atoms with Gasteiger partial charge in [-0.05, 0) is 87.0 Å². The lowest BCUT2D eigenvalue weighted by Gasteiger charge is -2.64. The lowest BCUT2D eigenvalue weighted by Crippen LogP contribution is -2.69. The highest BCUT2D eigenvalue weighted by atomic mass is 15.3. The smallest absolute Gasteiger partial charge is 0.0388 e. The van der Waals surface area contributed by atoms with Gasteiger partial charge in [-0.2, -0.15) is 0 Å². The van der Waals surface area contributed by atoms with Gasteiger partial charge in [-0.15, -0.1) is 0 Å². The largest absolute Gasteiger partial charge is 0.329 e. The van der Waals surface area contributed by atoms with Crippen LogP contribution in [0.2, 0.25) is 0 Å². The van der Waals surface area contributed by atoms with Crippen molar-refractivity contribution in [2.75, 3.05) is 19.6 Å². The van der Waals surface area contributed by atoms with Crippen molar-refractivity contribution >= 4 is 0 Å². The first-order chi connectivity index (χ1) is 10.2. The summed E-state index contributed by atoms with van der Waals surface area (Å²) in [5.41, 5.74) is 7.48. The van der Waals surface area contributed by atoms with Gasteiger partial charge in [0.2, 0.25) is 0 Å². The number of hydrogen-bond acceptors (Lipinski definition) is 2. The van der Waals surface area contributed by atoms with Crippen LogP contribution >= 0.6 is 0 Å². The molecule has 1 aliphatic heterocycles. The Hall–Kier alpha value is -0.0800. The number of hydrogen-bond donors (Lipinski definition) is 1. The molecule has 0 aromatic heterocycles. The Morgan fingerprint density at radius 1 is 0.952 bits per heavy atom. The molecule has 5 aliphatic rings. The lowest BCUT2D eigenvalue weighted by atomic mass is 9.48. The second-order valence-corrected chi connectivity index (χ2v) is 8.88. The Morgan fingerprint density at radius 2 is 1.52 bits per heavy atom. The van der Waals surface area contributed by atoms with E-state index in [1.54, 1.807) is 6.42 Å². The van der Waals surface area contributed by atoms with E-state index in [0.717, 1.165) is 30.2 Å². The molecule has 0 unspecified atom stereocenters. The maximum atomic E-state index is 6.50. The van der Waals surface area contributed by atoms with Crippen molar-refractivity contribution in [3.8, 4) is 0 Å². The average molecular weight is 290 g/mol. The predicted octanol–water partition coefficient (Wildman–Crippen LogP) is 3.65. The molecule has 4 saturated carbocycles. The highest BCUT2D eigenvalue weighted by molar-refractivity contribution is 5.14. The van der Waals surface area contributed by atoms with Crippen LogP contribution in [0.3, 0.4) is 0 Å². The topological polar surface area (TPSA) is 29.3 Å². The van der Waals surface area contributed by atoms with E-state index in [0.29, 0.717) is 11.0 Å². The molecule has 0 radical (unpaired) electrons. The van der Waals surface area contributed by atoms with Crippen molar-refractivity contribution in [3.05, 3.63) is 0 Å². The fourth-order valence-electron chi connectivity index (χ4n) is 7.10. The van der Waals surface area contributed by atoms with Crippen LogP contribution in [-0.2, 0) is 0 Å². The summed E-state index contributed by atoms with van der Waals surface area (Å²) >= 11 is 0. The SMILES string of the molecule is CCC1(CC)CCN(C2(CN)C3CC4CC(C3)CC2C4)C1. The number of nitrogens with zero attached hydrogens (tertiary/aromatic N) is 1. The molecule has 0 spiro atoms. The van der Waals surface area contributed by atoms with Gasteiger partial charge in [-0.25, -0.2) is 0 Å². The Balaban J connectivity index is 1.63. The molecule has 0 aromatic carbocycles. The van der Waals surface area contributed by atoms with Crippen LogP contribution in [0.5, 0.6) is 0 Å². The fraction of sp³-hybridized carbons (Fsp3) is 1.00. The Labute approximate surface area is 130 Å². The average Bonchev–Trinajstić information content (AvgIpc) is 2.93. The second kappa shape index (κ2) is 4.96. The van der Waals surface area contributed by atoms with Crippen LogP contribution in [-0.4, -0.2) is 30.1 Å². The number of rotatable bonds is 4. The minimum atomic E-state index is 0.388. The molecule has 0 atom stereocenters. The van der Waals surface area contributed by atoms with Crippen molar-refractivity contribution in [2.45, 2.75) is 70.8 Å². The first kappa shape index (κ1) is 14.5. The molecular weight excluding hydrogens is 256 g/mol. The van der Waals surface area contributed by atoms with Gasteiger partial charge in [-0.3, -0.25) is 4.90 Å². The molecule has 2 heteroatoms. The van der Waals surface area contributed by atoms with E-state index < -0.39 is 0 Å². The van der Waals surface area contributed by atoms with Crippen molar-refractivity contribution < 1.29 is 0 Å². The molecule has 0 amide bonds. The summed E-state index contributed by atoms with van der Waals surface area (Å²) in [6, 6.07) is 0. The zero-order chi connectivity index (χ0) is 14.7. The summed E-state index contributed by atoms with van der Waals surface area (Å²) in [5.74, 6) is 3.94. The highest BCUT2D eigenvalue weighted by Crippen LogP contribution is 2.61. The van der Waals surface area contributed by atoms with Crippen molar-refractivity contribution in [3.63, 3.8) is 0 Å². The van der Waals surface area contributed by atoms with E-state index in [1.165, 1.54) is 58.0 Å². The van der Waals surface area contributed by atoms with Crippen LogP contribution in [0.15, 0.2) is 0 Å². The molecule has 21 heavy (non-hydrogen) atoms. The molecule has 1 saturated heterocycles. The molecule has 4 aliphatic carbocycles. The molecule has 5 fully saturated rings. The predicted molar refractivity (Wildman–Crippen MR) is 88.0 cm³/mol. The summed E-state index contributed by atoms with van der Waals surface area (Å²) in [4.78, 5) is 2.91. The molecule has 2 N–H and O–H groups in total. The Kier molecular flexibility index (Phi) is 3.43. The quantitative estimate of drug-likeness (QED) is 0.856. The fourth-order valence-corrected chi connectivity index (χ4v) is 7.10. The van der Waals surface area contributed by atoms with Crippen LogP contribution < -0.4 is 5.73 Å². The summed E-state index contributed by atoms with van der Waals surface area (Å²) in [6.07, 6.45) is 11.6. The first-order valence-corrected chi connectivity index (χ1v) is 9.61. The molecular formula is C19H34N2. The maximum absolute atomic E-state index is 6.50. The second-order valence-electron chi connectivity index (χ2n) is 8.88. The first-order valence-electron chi connectivity index (χ1n) is 9.61. The standard InChI is InChI=1S/C19H34N2/c1-3-18(4-2)5-6-21(13-18)19(12-20)16-8-14-7-15(10-16)11-17(19)9-14/h14-17H,3-13,20H2,1-2H3. The van der Waals surface area contributed by atoms with Gasteiger partial charge in [0.15, 0.2) is 0 Å². The number of likely N-dealkylation sites (tertiary alicyclic amines) is 1. The van der Waals surface area contributed by atoms with E-state index in [4.69, 9.17) is 5.73 Å². The molecule has 2 nitrogen and oxygen atoms in total. The normalized spacial score (nSPS) is 48.1. The van der Waals surface area contributed by atoms with Crippen LogP contribution in [0, 0.1) is 29.1 Å². The third-order valence-electron chi connectivity index (χ3n) is 8.41. The molecule has 0 aromatic rings. The minimum Gasteiger partial charge on any atom is -0.329 e. The summed E-state index contributed by atoms with van der Waals surface area (Å²) < 4.78 is 0. The maximum Gasteiger partial charge on any atom is 0.0388 e. The summed E-state index contributed by atoms with van der Waals surface area (Å²) in [5, 5.41) is 0. The van der Waals surface area contributed by atoms with Gasteiger partial charge in [0.1, 0.15) is 0 Å². The molecule has 120 valence electrons. The van der Waals surface area contributed by atoms with Gasteiger partial charge < -0.3 is 5.73 Å². The Morgan fingerprint density at radius 3 is 1.95 bits per heavy atom. The third kappa shape index (κ3) is 1.91. The molecule has 1 heterocycles. The van der Waals surface area contributed by atoms with E-state index in [2.05, 4.69) is 18.7 Å². The van der Waals surface area contributed by atoms with E-state index in [-0.39, 0.29) is 0 Å². The van der Waals surface area contributed by atoms with Gasteiger partial charge >= 0.3 is 0 Å². The van der Waals surface area contributed by atoms with Crippen LogP contribution in [0.1, 0.15) is 65.2 Å². The monoisotopic (exact) mass is 290 g/mol. The van der Waals surface area contributed by atoms with Crippen LogP contribution in [0.25, 0.3) is 0 Å². The van der Waals surface area contributed by atoms with E-state index in [1.807, 2.05) is 0 Å². The van der Waals surface area contributed by atoms with Gasteiger partial charge in [0.25, 0.3) is 0 Å². The number of nitrogens with two attached hydrogens (primary N) is 1. The van der Waals surface area contributed by atoms with Crippen molar-refractivity contribution in [2.24, 2.45) is 34.8 Å². The van der Waals surface area contributed by atoms with Gasteiger partial charge in [0, 0.05) is 18.6 Å². The summed E-state index contributed by atoms with van der Waals surface area (Å²) in [7, 11) is 0.